The van der Waals surface area contributed by atoms with Crippen molar-refractivity contribution in [1.82, 2.24) is 19.4 Å². The van der Waals surface area contributed by atoms with Gasteiger partial charge in [-0.1, -0.05) is 12.1 Å². The number of aryl methyl sites for hydroxylation is 1. The summed E-state index contributed by atoms with van der Waals surface area (Å²) in [6.07, 6.45) is 5.18. The van der Waals surface area contributed by atoms with Gasteiger partial charge in [-0.05, 0) is 38.4 Å². The third-order valence-corrected chi connectivity index (χ3v) is 5.20. The maximum Gasteiger partial charge on any atom is 0.224 e. The molecular formula is C19H28N4O2. The molecule has 1 fully saturated rings. The van der Waals surface area contributed by atoms with Gasteiger partial charge in [0.25, 0.3) is 0 Å². The summed E-state index contributed by atoms with van der Waals surface area (Å²) in [5, 5.41) is 8.95. The summed E-state index contributed by atoms with van der Waals surface area (Å²) in [6.45, 7) is 3.50. The highest BCUT2D eigenvalue weighted by Crippen LogP contribution is 2.17. The molecule has 0 saturated carbocycles. The van der Waals surface area contributed by atoms with Gasteiger partial charge in [-0.25, -0.2) is 4.98 Å². The summed E-state index contributed by atoms with van der Waals surface area (Å²) >= 11 is 0. The third-order valence-electron chi connectivity index (χ3n) is 5.20. The highest BCUT2D eigenvalue weighted by atomic mass is 16.3. The van der Waals surface area contributed by atoms with Crippen LogP contribution in [0.1, 0.15) is 25.7 Å². The van der Waals surface area contributed by atoms with Crippen LogP contribution in [0.25, 0.3) is 11.0 Å². The number of aromatic nitrogens is 2. The second kappa shape index (κ2) is 8.45. The van der Waals surface area contributed by atoms with Crippen molar-refractivity contribution in [3.8, 4) is 0 Å². The number of aliphatic hydroxyl groups excluding tert-OH is 1. The Morgan fingerprint density at radius 3 is 2.84 bits per heavy atom. The minimum atomic E-state index is 0.231. The van der Waals surface area contributed by atoms with Gasteiger partial charge in [-0.15, -0.1) is 0 Å². The molecule has 1 aromatic carbocycles. The number of hydrogen-bond acceptors (Lipinski definition) is 4. The molecule has 1 N–H and O–H groups in total. The fourth-order valence-electron chi connectivity index (χ4n) is 3.62. The zero-order chi connectivity index (χ0) is 17.6. The highest BCUT2D eigenvalue weighted by Gasteiger charge is 2.24. The second-order valence-corrected chi connectivity index (χ2v) is 6.85. The topological polar surface area (TPSA) is 61.6 Å². The number of hydrogen-bond donors (Lipinski definition) is 1. The van der Waals surface area contributed by atoms with Crippen molar-refractivity contribution in [1.29, 1.82) is 0 Å². The molecule has 2 aromatic rings. The van der Waals surface area contributed by atoms with Crippen molar-refractivity contribution in [2.45, 2.75) is 38.3 Å². The van der Waals surface area contributed by atoms with E-state index in [-0.39, 0.29) is 12.5 Å². The Morgan fingerprint density at radius 2 is 2.08 bits per heavy atom. The van der Waals surface area contributed by atoms with Crippen molar-refractivity contribution in [2.24, 2.45) is 0 Å². The van der Waals surface area contributed by atoms with Gasteiger partial charge in [-0.3, -0.25) is 4.79 Å². The number of rotatable bonds is 7. The molecular weight excluding hydrogens is 316 g/mol. The lowest BCUT2D eigenvalue weighted by atomic mass is 10.0. The molecule has 2 heterocycles. The molecule has 0 bridgehead atoms. The van der Waals surface area contributed by atoms with Crippen LogP contribution in [-0.4, -0.2) is 69.7 Å². The van der Waals surface area contributed by atoms with Crippen LogP contribution in [0.2, 0.25) is 0 Å². The first-order valence-electron chi connectivity index (χ1n) is 9.18. The van der Waals surface area contributed by atoms with Crippen molar-refractivity contribution >= 4 is 16.9 Å². The fourth-order valence-corrected chi connectivity index (χ4v) is 3.62. The number of piperidine rings is 1. The van der Waals surface area contributed by atoms with Crippen LogP contribution in [0.4, 0.5) is 0 Å². The van der Waals surface area contributed by atoms with Crippen LogP contribution in [-0.2, 0) is 11.3 Å². The number of carbonyl (C=O) groups is 1. The van der Waals surface area contributed by atoms with E-state index in [9.17, 15) is 4.79 Å². The van der Waals surface area contributed by atoms with E-state index in [2.05, 4.69) is 21.5 Å². The molecule has 0 unspecified atom stereocenters. The van der Waals surface area contributed by atoms with Crippen molar-refractivity contribution in [3.05, 3.63) is 30.6 Å². The van der Waals surface area contributed by atoms with Gasteiger partial charge in [0.2, 0.25) is 5.91 Å². The summed E-state index contributed by atoms with van der Waals surface area (Å²) in [6, 6.07) is 8.53. The number of likely N-dealkylation sites (tertiary alicyclic amines) is 1. The molecule has 1 amide bonds. The average molecular weight is 344 g/mol. The van der Waals surface area contributed by atoms with Crippen molar-refractivity contribution in [2.75, 3.05) is 33.3 Å². The summed E-state index contributed by atoms with van der Waals surface area (Å²) in [4.78, 5) is 21.2. The molecule has 1 aliphatic rings. The molecule has 0 aliphatic carbocycles. The lowest BCUT2D eigenvalue weighted by Gasteiger charge is -2.36. The molecule has 0 spiro atoms. The van der Waals surface area contributed by atoms with Crippen LogP contribution in [0.5, 0.6) is 0 Å². The number of nitrogens with zero attached hydrogens (tertiary/aromatic N) is 4. The summed E-state index contributed by atoms with van der Waals surface area (Å²) in [5.41, 5.74) is 2.06. The molecule has 6 nitrogen and oxygen atoms in total. The van der Waals surface area contributed by atoms with Crippen LogP contribution in [0.15, 0.2) is 30.6 Å². The molecule has 1 aromatic heterocycles. The predicted molar refractivity (Wildman–Crippen MR) is 98.3 cm³/mol. The molecule has 1 aliphatic heterocycles. The second-order valence-electron chi connectivity index (χ2n) is 6.85. The maximum absolute atomic E-state index is 12.5. The van der Waals surface area contributed by atoms with Crippen LogP contribution in [0.3, 0.4) is 0 Å². The van der Waals surface area contributed by atoms with Crippen LogP contribution >= 0.6 is 0 Å². The minimum Gasteiger partial charge on any atom is -0.396 e. The van der Waals surface area contributed by atoms with E-state index in [4.69, 9.17) is 5.11 Å². The molecule has 0 radical (unpaired) electrons. The Morgan fingerprint density at radius 1 is 1.32 bits per heavy atom. The summed E-state index contributed by atoms with van der Waals surface area (Å²) in [5.74, 6) is 0.231. The van der Waals surface area contributed by atoms with Gasteiger partial charge < -0.3 is 19.5 Å². The average Bonchev–Trinajstić information content (AvgIpc) is 3.07. The van der Waals surface area contributed by atoms with Gasteiger partial charge in [0, 0.05) is 45.2 Å². The molecule has 0 atom stereocenters. The monoisotopic (exact) mass is 344 g/mol. The van der Waals surface area contributed by atoms with E-state index in [0.29, 0.717) is 19.0 Å². The smallest absolute Gasteiger partial charge is 0.224 e. The number of carbonyl (C=O) groups excluding carboxylic acids is 1. The number of amides is 1. The van der Waals surface area contributed by atoms with E-state index in [1.165, 1.54) is 0 Å². The number of imidazole rings is 1. The van der Waals surface area contributed by atoms with E-state index in [1.807, 2.05) is 35.5 Å². The van der Waals surface area contributed by atoms with Gasteiger partial charge in [0.1, 0.15) is 0 Å². The first-order valence-corrected chi connectivity index (χ1v) is 9.18. The lowest BCUT2D eigenvalue weighted by molar-refractivity contribution is -0.132. The maximum atomic E-state index is 12.5. The molecule has 25 heavy (non-hydrogen) atoms. The van der Waals surface area contributed by atoms with Crippen molar-refractivity contribution in [3.63, 3.8) is 0 Å². The predicted octanol–water partition coefficient (Wildman–Crippen LogP) is 1.73. The van der Waals surface area contributed by atoms with E-state index < -0.39 is 0 Å². The zero-order valence-corrected chi connectivity index (χ0v) is 15.0. The molecule has 136 valence electrons. The number of fused-ring (bicyclic) bond motifs is 1. The minimum absolute atomic E-state index is 0.231. The molecule has 3 rings (SSSR count). The Hall–Kier alpha value is -1.92. The first kappa shape index (κ1) is 17.9. The Kier molecular flexibility index (Phi) is 6.04. The molecule has 6 heteroatoms. The fraction of sp³-hybridized carbons (Fsp3) is 0.579. The van der Waals surface area contributed by atoms with Gasteiger partial charge in [0.05, 0.1) is 17.4 Å². The first-order chi connectivity index (χ1) is 12.2. The third kappa shape index (κ3) is 4.38. The van der Waals surface area contributed by atoms with Gasteiger partial charge in [0.15, 0.2) is 0 Å². The number of para-hydroxylation sites is 2. The molecule has 1 saturated heterocycles. The number of aliphatic hydroxyl groups is 1. The zero-order valence-electron chi connectivity index (χ0n) is 15.0. The quantitative estimate of drug-likeness (QED) is 0.831. The standard InChI is InChI=1S/C19H28N4O2/c1-21(10-4-14-24)16-7-11-22(12-8-16)19(25)9-13-23-15-20-17-5-2-3-6-18(17)23/h2-3,5-6,15-16,24H,4,7-14H2,1H3. The lowest BCUT2D eigenvalue weighted by Crippen LogP contribution is -2.46. The van der Waals surface area contributed by atoms with E-state index >= 15 is 0 Å². The number of benzene rings is 1. The normalized spacial score (nSPS) is 16.0. The van der Waals surface area contributed by atoms with Gasteiger partial charge in [-0.2, -0.15) is 0 Å². The van der Waals surface area contributed by atoms with Gasteiger partial charge >= 0.3 is 0 Å². The Bertz CT molecular complexity index is 692. The van der Waals surface area contributed by atoms with E-state index in [1.54, 1.807) is 0 Å². The summed E-state index contributed by atoms with van der Waals surface area (Å²) < 4.78 is 2.06. The largest absolute Gasteiger partial charge is 0.396 e. The summed E-state index contributed by atoms with van der Waals surface area (Å²) in [7, 11) is 2.11. The van der Waals surface area contributed by atoms with Crippen molar-refractivity contribution < 1.29 is 9.90 Å². The Balaban J connectivity index is 1.47. The Labute approximate surface area is 149 Å². The van der Waals surface area contributed by atoms with Crippen LogP contribution < -0.4 is 0 Å². The van der Waals surface area contributed by atoms with Crippen LogP contribution in [0, 0.1) is 0 Å². The SMILES string of the molecule is CN(CCCO)C1CCN(C(=O)CCn2cnc3ccccc32)CC1. The van der Waals surface area contributed by atoms with E-state index in [0.717, 1.165) is 49.9 Å². The highest BCUT2D eigenvalue weighted by molar-refractivity contribution is 5.77.